The van der Waals surface area contributed by atoms with Gasteiger partial charge in [0.25, 0.3) is 0 Å². The third-order valence-corrected chi connectivity index (χ3v) is 3.49. The zero-order chi connectivity index (χ0) is 11.2. The van der Waals surface area contributed by atoms with Gasteiger partial charge in [0.2, 0.25) is 5.91 Å². The molecule has 1 saturated carbocycles. The minimum atomic E-state index is 0.0729. The van der Waals surface area contributed by atoms with Crippen molar-refractivity contribution in [1.82, 2.24) is 0 Å². The second kappa shape index (κ2) is 3.24. The number of rotatable bonds is 3. The monoisotopic (exact) mass is 217 g/mol. The fourth-order valence-electron chi connectivity index (χ4n) is 2.19. The Morgan fingerprint density at radius 3 is 2.94 bits per heavy atom. The van der Waals surface area contributed by atoms with Crippen molar-refractivity contribution in [1.29, 1.82) is 0 Å². The Balaban J connectivity index is 1.83. The van der Waals surface area contributed by atoms with E-state index in [4.69, 9.17) is 4.74 Å². The Morgan fingerprint density at radius 2 is 2.25 bits per heavy atom. The molecular formula is C13H15NO2. The molecule has 0 radical (unpaired) electrons. The lowest BCUT2D eigenvalue weighted by atomic mass is 10.1. The molecule has 1 aliphatic heterocycles. The van der Waals surface area contributed by atoms with Crippen LogP contribution in [0.25, 0.3) is 0 Å². The number of carbonyl (C=O) groups excluding carboxylic acids is 1. The molecule has 0 aromatic heterocycles. The average molecular weight is 217 g/mol. The Morgan fingerprint density at radius 1 is 1.44 bits per heavy atom. The number of amides is 1. The van der Waals surface area contributed by atoms with Crippen LogP contribution in [0.2, 0.25) is 0 Å². The van der Waals surface area contributed by atoms with Gasteiger partial charge in [-0.1, -0.05) is 6.92 Å². The van der Waals surface area contributed by atoms with E-state index in [1.165, 1.54) is 0 Å². The summed E-state index contributed by atoms with van der Waals surface area (Å²) >= 11 is 0. The summed E-state index contributed by atoms with van der Waals surface area (Å²) in [5.74, 6) is 0.971. The molecular weight excluding hydrogens is 202 g/mol. The van der Waals surface area contributed by atoms with E-state index in [1.807, 2.05) is 18.2 Å². The van der Waals surface area contributed by atoms with Crippen LogP contribution in [0, 0.1) is 0 Å². The van der Waals surface area contributed by atoms with Crippen molar-refractivity contribution in [2.24, 2.45) is 0 Å². The van der Waals surface area contributed by atoms with Crippen molar-refractivity contribution in [3.8, 4) is 5.75 Å². The molecule has 1 aromatic carbocycles. The first-order valence-corrected chi connectivity index (χ1v) is 5.83. The number of hydrogen-bond acceptors (Lipinski definition) is 2. The molecule has 1 aliphatic carbocycles. The van der Waals surface area contributed by atoms with Gasteiger partial charge < -0.3 is 10.1 Å². The summed E-state index contributed by atoms with van der Waals surface area (Å²) in [4.78, 5) is 11.2. The zero-order valence-electron chi connectivity index (χ0n) is 9.38. The first kappa shape index (κ1) is 9.70. The minimum Gasteiger partial charge on any atom is -0.487 e. The van der Waals surface area contributed by atoms with Gasteiger partial charge in [-0.05, 0) is 43.0 Å². The van der Waals surface area contributed by atoms with Crippen LogP contribution in [0.1, 0.15) is 31.7 Å². The van der Waals surface area contributed by atoms with E-state index < -0.39 is 0 Å². The molecule has 84 valence electrons. The van der Waals surface area contributed by atoms with Crippen LogP contribution in [-0.2, 0) is 11.2 Å². The molecule has 3 rings (SSSR count). The van der Waals surface area contributed by atoms with Gasteiger partial charge in [0, 0.05) is 5.69 Å². The van der Waals surface area contributed by atoms with E-state index >= 15 is 0 Å². The Hall–Kier alpha value is -1.51. The molecule has 3 nitrogen and oxygen atoms in total. The number of ether oxygens (including phenoxy) is 1. The standard InChI is InChI=1S/C13H15NO2/c1-2-13(5-6-13)16-10-3-4-11-9(7-10)8-12(15)14-11/h3-4,7H,2,5-6,8H2,1H3,(H,14,15). The van der Waals surface area contributed by atoms with E-state index in [0.717, 1.165) is 36.3 Å². The van der Waals surface area contributed by atoms with Gasteiger partial charge in [-0.15, -0.1) is 0 Å². The summed E-state index contributed by atoms with van der Waals surface area (Å²) in [6, 6.07) is 5.87. The molecule has 1 aromatic rings. The predicted molar refractivity (Wildman–Crippen MR) is 61.7 cm³/mol. The van der Waals surface area contributed by atoms with Crippen LogP contribution in [0.5, 0.6) is 5.75 Å². The predicted octanol–water partition coefficient (Wildman–Crippen LogP) is 2.50. The summed E-state index contributed by atoms with van der Waals surface area (Å²) in [7, 11) is 0. The molecule has 1 fully saturated rings. The Labute approximate surface area is 94.8 Å². The largest absolute Gasteiger partial charge is 0.487 e. The van der Waals surface area contributed by atoms with Gasteiger partial charge >= 0.3 is 0 Å². The van der Waals surface area contributed by atoms with Crippen LogP contribution >= 0.6 is 0 Å². The van der Waals surface area contributed by atoms with E-state index in [9.17, 15) is 4.79 Å². The molecule has 0 saturated heterocycles. The highest BCUT2D eigenvalue weighted by Gasteiger charge is 2.43. The maximum Gasteiger partial charge on any atom is 0.228 e. The topological polar surface area (TPSA) is 38.3 Å². The SMILES string of the molecule is CCC1(Oc2ccc3c(c2)CC(=O)N3)CC1. The molecule has 16 heavy (non-hydrogen) atoms. The molecule has 0 bridgehead atoms. The van der Waals surface area contributed by atoms with E-state index in [1.54, 1.807) is 0 Å². The lowest BCUT2D eigenvalue weighted by Gasteiger charge is -2.16. The van der Waals surface area contributed by atoms with Gasteiger partial charge in [0.1, 0.15) is 11.4 Å². The van der Waals surface area contributed by atoms with Crippen LogP contribution < -0.4 is 10.1 Å². The molecule has 3 heteroatoms. The first-order chi connectivity index (χ1) is 7.71. The average Bonchev–Trinajstić information content (AvgIpc) is 2.93. The van der Waals surface area contributed by atoms with Crippen molar-refractivity contribution in [2.75, 3.05) is 5.32 Å². The van der Waals surface area contributed by atoms with Crippen molar-refractivity contribution in [3.05, 3.63) is 23.8 Å². The molecule has 0 spiro atoms. The molecule has 0 atom stereocenters. The van der Waals surface area contributed by atoms with E-state index in [-0.39, 0.29) is 11.5 Å². The van der Waals surface area contributed by atoms with Gasteiger partial charge in [-0.2, -0.15) is 0 Å². The molecule has 1 N–H and O–H groups in total. The molecule has 1 amide bonds. The van der Waals surface area contributed by atoms with E-state index in [2.05, 4.69) is 12.2 Å². The van der Waals surface area contributed by atoms with Crippen molar-refractivity contribution in [3.63, 3.8) is 0 Å². The quantitative estimate of drug-likeness (QED) is 0.844. The second-order valence-electron chi connectivity index (χ2n) is 4.68. The lowest BCUT2D eigenvalue weighted by Crippen LogP contribution is -2.16. The van der Waals surface area contributed by atoms with Crippen LogP contribution in [0.3, 0.4) is 0 Å². The summed E-state index contributed by atoms with van der Waals surface area (Å²) < 4.78 is 5.98. The lowest BCUT2D eigenvalue weighted by molar-refractivity contribution is -0.115. The van der Waals surface area contributed by atoms with Crippen molar-refractivity contribution < 1.29 is 9.53 Å². The summed E-state index contributed by atoms with van der Waals surface area (Å²) in [6.07, 6.45) is 3.84. The third kappa shape index (κ3) is 1.56. The smallest absolute Gasteiger partial charge is 0.228 e. The maximum absolute atomic E-state index is 11.2. The van der Waals surface area contributed by atoms with Gasteiger partial charge in [-0.25, -0.2) is 0 Å². The van der Waals surface area contributed by atoms with Crippen LogP contribution in [-0.4, -0.2) is 11.5 Å². The number of hydrogen-bond donors (Lipinski definition) is 1. The maximum atomic E-state index is 11.2. The molecule has 2 aliphatic rings. The van der Waals surface area contributed by atoms with Crippen molar-refractivity contribution in [2.45, 2.75) is 38.2 Å². The van der Waals surface area contributed by atoms with Crippen LogP contribution in [0.4, 0.5) is 5.69 Å². The summed E-state index contributed by atoms with van der Waals surface area (Å²) in [6.45, 7) is 2.16. The van der Waals surface area contributed by atoms with E-state index in [0.29, 0.717) is 6.42 Å². The summed E-state index contributed by atoms with van der Waals surface area (Å²) in [5.41, 5.74) is 2.07. The highest BCUT2D eigenvalue weighted by atomic mass is 16.5. The third-order valence-electron chi connectivity index (χ3n) is 3.49. The van der Waals surface area contributed by atoms with Gasteiger partial charge in [0.15, 0.2) is 0 Å². The number of fused-ring (bicyclic) bond motifs is 1. The Bertz CT molecular complexity index is 449. The van der Waals surface area contributed by atoms with Crippen LogP contribution in [0.15, 0.2) is 18.2 Å². The molecule has 1 heterocycles. The first-order valence-electron chi connectivity index (χ1n) is 5.83. The molecule has 0 unspecified atom stereocenters. The highest BCUT2D eigenvalue weighted by molar-refractivity contribution is 5.99. The number of benzene rings is 1. The zero-order valence-corrected chi connectivity index (χ0v) is 9.38. The van der Waals surface area contributed by atoms with Crippen molar-refractivity contribution >= 4 is 11.6 Å². The highest BCUT2D eigenvalue weighted by Crippen LogP contribution is 2.43. The fraction of sp³-hybridized carbons (Fsp3) is 0.462. The van der Waals surface area contributed by atoms with Gasteiger partial charge in [0.05, 0.1) is 6.42 Å². The normalized spacial score (nSPS) is 20.2. The minimum absolute atomic E-state index is 0.0729. The number of nitrogens with one attached hydrogen (secondary N) is 1. The Kier molecular flexibility index (Phi) is 1.96. The summed E-state index contributed by atoms with van der Waals surface area (Å²) in [5, 5.41) is 2.82. The number of anilines is 1. The number of carbonyl (C=O) groups is 1. The fourth-order valence-corrected chi connectivity index (χ4v) is 2.19. The van der Waals surface area contributed by atoms with Gasteiger partial charge in [-0.3, -0.25) is 4.79 Å². The second-order valence-corrected chi connectivity index (χ2v) is 4.68.